The fraction of sp³-hybridized carbons (Fsp3) is 0.200. The van der Waals surface area contributed by atoms with Gasteiger partial charge in [-0.3, -0.25) is 0 Å². The Morgan fingerprint density at radius 1 is 1.11 bits per heavy atom. The summed E-state index contributed by atoms with van der Waals surface area (Å²) in [5.41, 5.74) is 8.78. The standard InChI is InChI=1S/C15H14Cl2FN/c1-9-6-10(2-4-13(9)16)15(19)8-11-7-12(18)3-5-14(11)17/h2-7,15H,8,19H2,1H3. The molecule has 0 heterocycles. The highest BCUT2D eigenvalue weighted by Gasteiger charge is 2.11. The number of aryl methyl sites for hydroxylation is 1. The van der Waals surface area contributed by atoms with Crippen LogP contribution in [0.15, 0.2) is 36.4 Å². The third-order valence-electron chi connectivity index (χ3n) is 3.06. The molecule has 0 amide bonds. The highest BCUT2D eigenvalue weighted by molar-refractivity contribution is 6.31. The SMILES string of the molecule is Cc1cc(C(N)Cc2cc(F)ccc2Cl)ccc1Cl. The fourth-order valence-corrected chi connectivity index (χ4v) is 2.27. The van der Waals surface area contributed by atoms with Gasteiger partial charge in [0.1, 0.15) is 5.82 Å². The zero-order valence-corrected chi connectivity index (χ0v) is 12.0. The number of nitrogens with two attached hydrogens (primary N) is 1. The van der Waals surface area contributed by atoms with Gasteiger partial charge in [0.25, 0.3) is 0 Å². The highest BCUT2D eigenvalue weighted by atomic mass is 35.5. The summed E-state index contributed by atoms with van der Waals surface area (Å²) in [6, 6.07) is 9.71. The molecule has 0 saturated carbocycles. The maximum Gasteiger partial charge on any atom is 0.123 e. The molecule has 0 spiro atoms. The smallest absolute Gasteiger partial charge is 0.123 e. The Morgan fingerprint density at radius 2 is 1.79 bits per heavy atom. The summed E-state index contributed by atoms with van der Waals surface area (Å²) in [5.74, 6) is -0.307. The van der Waals surface area contributed by atoms with Gasteiger partial charge >= 0.3 is 0 Å². The van der Waals surface area contributed by atoms with Crippen LogP contribution >= 0.6 is 23.2 Å². The van der Waals surface area contributed by atoms with Crippen LogP contribution in [0.2, 0.25) is 10.0 Å². The first-order valence-corrected chi connectivity index (χ1v) is 6.68. The van der Waals surface area contributed by atoms with Crippen LogP contribution in [0.25, 0.3) is 0 Å². The van der Waals surface area contributed by atoms with E-state index < -0.39 is 0 Å². The van der Waals surface area contributed by atoms with Crippen molar-refractivity contribution in [3.8, 4) is 0 Å². The van der Waals surface area contributed by atoms with Crippen LogP contribution in [0.1, 0.15) is 22.7 Å². The van der Waals surface area contributed by atoms with E-state index in [1.54, 1.807) is 6.07 Å². The molecular weight excluding hydrogens is 284 g/mol. The van der Waals surface area contributed by atoms with Crippen molar-refractivity contribution in [3.05, 3.63) is 69.0 Å². The van der Waals surface area contributed by atoms with Crippen LogP contribution in [0.4, 0.5) is 4.39 Å². The second kappa shape index (κ2) is 5.91. The summed E-state index contributed by atoms with van der Waals surface area (Å²) < 4.78 is 13.2. The molecule has 0 saturated heterocycles. The minimum atomic E-state index is -0.307. The molecule has 1 nitrogen and oxygen atoms in total. The molecular formula is C15H14Cl2FN. The van der Waals surface area contributed by atoms with E-state index in [4.69, 9.17) is 28.9 Å². The number of benzene rings is 2. The second-order valence-electron chi connectivity index (χ2n) is 4.55. The number of hydrogen-bond acceptors (Lipinski definition) is 1. The van der Waals surface area contributed by atoms with Crippen LogP contribution in [-0.2, 0) is 6.42 Å². The predicted octanol–water partition coefficient (Wildman–Crippen LogP) is 4.68. The van der Waals surface area contributed by atoms with Gasteiger partial charge < -0.3 is 5.73 Å². The van der Waals surface area contributed by atoms with Crippen LogP contribution in [-0.4, -0.2) is 0 Å². The molecule has 100 valence electrons. The van der Waals surface area contributed by atoms with E-state index in [1.807, 2.05) is 25.1 Å². The molecule has 0 radical (unpaired) electrons. The van der Waals surface area contributed by atoms with Gasteiger partial charge in [0.15, 0.2) is 0 Å². The molecule has 0 aliphatic rings. The van der Waals surface area contributed by atoms with Gasteiger partial charge in [-0.05, 0) is 54.3 Å². The van der Waals surface area contributed by atoms with Gasteiger partial charge in [0.2, 0.25) is 0 Å². The van der Waals surface area contributed by atoms with Crippen molar-refractivity contribution in [2.75, 3.05) is 0 Å². The summed E-state index contributed by atoms with van der Waals surface area (Å²) >= 11 is 12.0. The number of halogens is 3. The zero-order valence-electron chi connectivity index (χ0n) is 10.5. The minimum Gasteiger partial charge on any atom is -0.324 e. The van der Waals surface area contributed by atoms with Crippen molar-refractivity contribution in [3.63, 3.8) is 0 Å². The molecule has 2 aromatic carbocycles. The molecule has 1 atom stereocenters. The molecule has 0 bridgehead atoms. The summed E-state index contributed by atoms with van der Waals surface area (Å²) in [6.45, 7) is 1.92. The fourth-order valence-electron chi connectivity index (χ4n) is 1.95. The molecule has 2 aromatic rings. The van der Waals surface area contributed by atoms with Crippen LogP contribution in [0.5, 0.6) is 0 Å². The van der Waals surface area contributed by atoms with Gasteiger partial charge in [0.05, 0.1) is 0 Å². The second-order valence-corrected chi connectivity index (χ2v) is 5.37. The zero-order chi connectivity index (χ0) is 14.0. The van der Waals surface area contributed by atoms with Crippen molar-refractivity contribution in [2.45, 2.75) is 19.4 Å². The van der Waals surface area contributed by atoms with E-state index in [2.05, 4.69) is 0 Å². The highest BCUT2D eigenvalue weighted by Crippen LogP contribution is 2.25. The average molecular weight is 298 g/mol. The summed E-state index contributed by atoms with van der Waals surface area (Å²) in [7, 11) is 0. The topological polar surface area (TPSA) is 26.0 Å². The summed E-state index contributed by atoms with van der Waals surface area (Å²) in [4.78, 5) is 0. The largest absolute Gasteiger partial charge is 0.324 e. The van der Waals surface area contributed by atoms with Gasteiger partial charge in [-0.25, -0.2) is 4.39 Å². The molecule has 2 N–H and O–H groups in total. The lowest BCUT2D eigenvalue weighted by atomic mass is 9.98. The minimum absolute atomic E-state index is 0.240. The van der Waals surface area contributed by atoms with Crippen LogP contribution < -0.4 is 5.73 Å². The molecule has 0 aliphatic carbocycles. The van der Waals surface area contributed by atoms with Crippen molar-refractivity contribution in [1.82, 2.24) is 0 Å². The quantitative estimate of drug-likeness (QED) is 0.874. The molecule has 0 aromatic heterocycles. The number of hydrogen-bond donors (Lipinski definition) is 1. The summed E-state index contributed by atoms with van der Waals surface area (Å²) in [6.07, 6.45) is 0.484. The first-order chi connectivity index (χ1) is 8.97. The monoisotopic (exact) mass is 297 g/mol. The normalized spacial score (nSPS) is 12.5. The first kappa shape index (κ1) is 14.3. The van der Waals surface area contributed by atoms with Gasteiger partial charge in [-0.1, -0.05) is 35.3 Å². The average Bonchev–Trinajstić information content (AvgIpc) is 2.37. The van der Waals surface area contributed by atoms with E-state index in [0.29, 0.717) is 22.0 Å². The number of rotatable bonds is 3. The lowest BCUT2D eigenvalue weighted by molar-refractivity contribution is 0.622. The van der Waals surface area contributed by atoms with E-state index in [0.717, 1.165) is 11.1 Å². The Morgan fingerprint density at radius 3 is 2.47 bits per heavy atom. The van der Waals surface area contributed by atoms with Gasteiger partial charge in [0, 0.05) is 16.1 Å². The van der Waals surface area contributed by atoms with Crippen molar-refractivity contribution in [1.29, 1.82) is 0 Å². The Hall–Kier alpha value is -1.09. The van der Waals surface area contributed by atoms with Crippen molar-refractivity contribution in [2.24, 2.45) is 5.73 Å². The lowest BCUT2D eigenvalue weighted by Crippen LogP contribution is -2.14. The Labute approximate surface area is 122 Å². The molecule has 0 aliphatic heterocycles. The lowest BCUT2D eigenvalue weighted by Gasteiger charge is -2.14. The molecule has 2 rings (SSSR count). The maximum absolute atomic E-state index is 13.2. The Bertz CT molecular complexity index is 599. The first-order valence-electron chi connectivity index (χ1n) is 5.93. The van der Waals surface area contributed by atoms with E-state index >= 15 is 0 Å². The predicted molar refractivity (Wildman–Crippen MR) is 78.2 cm³/mol. The summed E-state index contributed by atoms with van der Waals surface area (Å²) in [5, 5.41) is 1.24. The maximum atomic E-state index is 13.2. The molecule has 4 heteroatoms. The third kappa shape index (κ3) is 3.47. The van der Waals surface area contributed by atoms with E-state index in [9.17, 15) is 4.39 Å². The van der Waals surface area contributed by atoms with Crippen molar-refractivity contribution < 1.29 is 4.39 Å². The van der Waals surface area contributed by atoms with Gasteiger partial charge in [-0.2, -0.15) is 0 Å². The van der Waals surface area contributed by atoms with Crippen LogP contribution in [0, 0.1) is 12.7 Å². The third-order valence-corrected chi connectivity index (χ3v) is 3.85. The molecule has 1 unspecified atom stereocenters. The Balaban J connectivity index is 2.22. The molecule has 0 fully saturated rings. The van der Waals surface area contributed by atoms with E-state index in [1.165, 1.54) is 12.1 Å². The van der Waals surface area contributed by atoms with E-state index in [-0.39, 0.29) is 11.9 Å². The molecule has 19 heavy (non-hydrogen) atoms. The Kier molecular flexibility index (Phi) is 4.46. The van der Waals surface area contributed by atoms with Crippen molar-refractivity contribution >= 4 is 23.2 Å². The van der Waals surface area contributed by atoms with Crippen LogP contribution in [0.3, 0.4) is 0 Å². The van der Waals surface area contributed by atoms with Gasteiger partial charge in [-0.15, -0.1) is 0 Å².